The predicted molar refractivity (Wildman–Crippen MR) is 92.4 cm³/mol. The number of rotatable bonds is 6. The molecule has 1 heterocycles. The Hall–Kier alpha value is -2.83. The van der Waals surface area contributed by atoms with Crippen LogP contribution in [0.5, 0.6) is 17.2 Å². The van der Waals surface area contributed by atoms with Crippen molar-refractivity contribution in [2.45, 2.75) is 33.1 Å². The minimum Gasteiger partial charge on any atom is -0.496 e. The topological polar surface area (TPSA) is 113 Å². The normalized spacial score (nSPS) is 10.7. The molecule has 2 rings (SSSR count). The van der Waals surface area contributed by atoms with E-state index in [0.717, 1.165) is 11.1 Å². The number of carbonyl (C=O) groups is 1. The van der Waals surface area contributed by atoms with Gasteiger partial charge in [0.25, 0.3) is 0 Å². The highest BCUT2D eigenvalue weighted by molar-refractivity contribution is 5.79. The van der Waals surface area contributed by atoms with Crippen molar-refractivity contribution in [1.29, 1.82) is 0 Å². The maximum absolute atomic E-state index is 11.5. The van der Waals surface area contributed by atoms with Gasteiger partial charge in [-0.1, -0.05) is 13.8 Å². The van der Waals surface area contributed by atoms with E-state index < -0.39 is 0 Å². The number of benzene rings is 1. The molecule has 0 aliphatic carbocycles. The summed E-state index contributed by atoms with van der Waals surface area (Å²) in [5, 5.41) is 0. The van der Waals surface area contributed by atoms with Crippen LogP contribution in [-0.4, -0.2) is 22.9 Å². The van der Waals surface area contributed by atoms with Gasteiger partial charge in [-0.25, -0.2) is 4.98 Å². The fourth-order valence-corrected chi connectivity index (χ4v) is 2.35. The first kappa shape index (κ1) is 17.5. The van der Waals surface area contributed by atoms with Gasteiger partial charge in [0.1, 0.15) is 17.3 Å². The van der Waals surface area contributed by atoms with Crippen LogP contribution >= 0.6 is 0 Å². The lowest BCUT2D eigenvalue weighted by atomic mass is 9.97. The van der Waals surface area contributed by atoms with Gasteiger partial charge < -0.3 is 20.9 Å². The molecular formula is C17H22N4O3. The third-order valence-electron chi connectivity index (χ3n) is 3.50. The van der Waals surface area contributed by atoms with E-state index in [1.165, 1.54) is 13.1 Å². The maximum Gasteiger partial charge on any atom is 0.222 e. The van der Waals surface area contributed by atoms with Crippen LogP contribution < -0.4 is 20.9 Å². The molecule has 2 aromatic rings. The first-order valence-corrected chi connectivity index (χ1v) is 7.57. The molecule has 0 unspecified atom stereocenters. The second kappa shape index (κ2) is 7.16. The van der Waals surface area contributed by atoms with E-state index in [9.17, 15) is 4.79 Å². The Bertz CT molecular complexity index is 760. The Morgan fingerprint density at radius 2 is 1.92 bits per heavy atom. The molecule has 0 aliphatic heterocycles. The molecule has 0 fully saturated rings. The number of carbonyl (C=O) groups excluding carboxylic acids is 1. The Kier molecular flexibility index (Phi) is 5.23. The molecule has 0 saturated carbocycles. The predicted octanol–water partition coefficient (Wildman–Crippen LogP) is 2.70. The molecule has 1 aromatic carbocycles. The van der Waals surface area contributed by atoms with E-state index in [-0.39, 0.29) is 29.9 Å². The van der Waals surface area contributed by atoms with Crippen LogP contribution in [0, 0.1) is 0 Å². The molecule has 24 heavy (non-hydrogen) atoms. The Balaban J connectivity index is 2.51. The number of aromatic nitrogens is 2. The second-order valence-electron chi connectivity index (χ2n) is 5.82. The fourth-order valence-electron chi connectivity index (χ4n) is 2.35. The summed E-state index contributed by atoms with van der Waals surface area (Å²) in [6, 6.07) is 3.68. The number of hydrogen-bond acceptors (Lipinski definition) is 7. The van der Waals surface area contributed by atoms with Gasteiger partial charge in [-0.3, -0.25) is 4.79 Å². The third kappa shape index (κ3) is 3.92. The zero-order valence-corrected chi connectivity index (χ0v) is 14.3. The van der Waals surface area contributed by atoms with E-state index in [1.54, 1.807) is 13.2 Å². The van der Waals surface area contributed by atoms with Crippen molar-refractivity contribution in [1.82, 2.24) is 9.97 Å². The smallest absolute Gasteiger partial charge is 0.222 e. The Labute approximate surface area is 141 Å². The number of Topliss-reactive ketones (excluding diaryl/α,β-unsaturated/α-hetero) is 1. The standard InChI is InChI=1S/C17H22N4O3/c1-9(2)12-7-13(23-4)11(5-10(3)22)6-14(12)24-15-8-20-17(19)21-16(15)18/h6-9H,5H2,1-4H3,(H4,18,19,20,21). The van der Waals surface area contributed by atoms with Gasteiger partial charge in [0.2, 0.25) is 5.95 Å². The minimum absolute atomic E-state index is 0.0341. The monoisotopic (exact) mass is 330 g/mol. The molecule has 0 radical (unpaired) electrons. The Morgan fingerprint density at radius 3 is 2.46 bits per heavy atom. The molecule has 1 aromatic heterocycles. The summed E-state index contributed by atoms with van der Waals surface area (Å²) in [5.41, 5.74) is 13.0. The summed E-state index contributed by atoms with van der Waals surface area (Å²) >= 11 is 0. The largest absolute Gasteiger partial charge is 0.496 e. The number of methoxy groups -OCH3 is 1. The molecule has 7 heteroatoms. The lowest BCUT2D eigenvalue weighted by molar-refractivity contribution is -0.116. The maximum atomic E-state index is 11.5. The van der Waals surface area contributed by atoms with Gasteiger partial charge in [0.05, 0.1) is 13.3 Å². The van der Waals surface area contributed by atoms with Gasteiger partial charge in [0.15, 0.2) is 11.6 Å². The summed E-state index contributed by atoms with van der Waals surface area (Å²) in [5.74, 6) is 2.00. The molecule has 0 spiro atoms. The highest BCUT2D eigenvalue weighted by Gasteiger charge is 2.17. The molecule has 128 valence electrons. The lowest BCUT2D eigenvalue weighted by Gasteiger charge is -2.18. The lowest BCUT2D eigenvalue weighted by Crippen LogP contribution is -2.05. The SMILES string of the molecule is COc1cc(C(C)C)c(Oc2cnc(N)nc2N)cc1CC(C)=O. The number of nitrogens with zero attached hydrogens (tertiary/aromatic N) is 2. The second-order valence-corrected chi connectivity index (χ2v) is 5.82. The van der Waals surface area contributed by atoms with E-state index >= 15 is 0 Å². The third-order valence-corrected chi connectivity index (χ3v) is 3.50. The summed E-state index contributed by atoms with van der Waals surface area (Å²) in [6.07, 6.45) is 1.68. The van der Waals surface area contributed by atoms with Crippen LogP contribution in [0.2, 0.25) is 0 Å². The number of nitrogens with two attached hydrogens (primary N) is 2. The fraction of sp³-hybridized carbons (Fsp3) is 0.353. The first-order valence-electron chi connectivity index (χ1n) is 7.57. The van der Waals surface area contributed by atoms with Crippen molar-refractivity contribution >= 4 is 17.5 Å². The summed E-state index contributed by atoms with van der Waals surface area (Å²) in [6.45, 7) is 5.60. The van der Waals surface area contributed by atoms with E-state index in [1.807, 2.05) is 19.9 Å². The molecule has 0 atom stereocenters. The zero-order valence-electron chi connectivity index (χ0n) is 14.3. The van der Waals surface area contributed by atoms with Crippen LogP contribution in [0.15, 0.2) is 18.3 Å². The molecule has 4 N–H and O–H groups in total. The molecule has 0 saturated heterocycles. The van der Waals surface area contributed by atoms with Crippen molar-refractivity contribution in [2.75, 3.05) is 18.6 Å². The average molecular weight is 330 g/mol. The van der Waals surface area contributed by atoms with Gasteiger partial charge >= 0.3 is 0 Å². The summed E-state index contributed by atoms with van der Waals surface area (Å²) in [4.78, 5) is 19.3. The van der Waals surface area contributed by atoms with Gasteiger partial charge in [-0.05, 0) is 25.0 Å². The molecular weight excluding hydrogens is 308 g/mol. The number of nitrogen functional groups attached to an aromatic ring is 2. The van der Waals surface area contributed by atoms with Crippen molar-refractivity contribution in [3.05, 3.63) is 29.5 Å². The molecule has 0 aliphatic rings. The van der Waals surface area contributed by atoms with Crippen LogP contribution in [-0.2, 0) is 11.2 Å². The van der Waals surface area contributed by atoms with Gasteiger partial charge in [-0.2, -0.15) is 4.98 Å². The van der Waals surface area contributed by atoms with Crippen molar-refractivity contribution in [3.8, 4) is 17.2 Å². The van der Waals surface area contributed by atoms with Crippen LogP contribution in [0.3, 0.4) is 0 Å². The van der Waals surface area contributed by atoms with Crippen molar-refractivity contribution < 1.29 is 14.3 Å². The Morgan fingerprint density at radius 1 is 1.21 bits per heavy atom. The number of ketones is 1. The number of hydrogen-bond donors (Lipinski definition) is 2. The number of ether oxygens (including phenoxy) is 2. The summed E-state index contributed by atoms with van der Waals surface area (Å²) < 4.78 is 11.3. The minimum atomic E-state index is 0.0341. The van der Waals surface area contributed by atoms with Crippen LogP contribution in [0.4, 0.5) is 11.8 Å². The highest BCUT2D eigenvalue weighted by Crippen LogP contribution is 2.37. The first-order chi connectivity index (χ1) is 11.3. The van der Waals surface area contributed by atoms with E-state index in [4.69, 9.17) is 20.9 Å². The average Bonchev–Trinajstić information content (AvgIpc) is 2.49. The van der Waals surface area contributed by atoms with Gasteiger partial charge in [-0.15, -0.1) is 0 Å². The van der Waals surface area contributed by atoms with Crippen LogP contribution in [0.25, 0.3) is 0 Å². The van der Waals surface area contributed by atoms with E-state index in [2.05, 4.69) is 9.97 Å². The van der Waals surface area contributed by atoms with E-state index in [0.29, 0.717) is 17.2 Å². The van der Waals surface area contributed by atoms with Crippen molar-refractivity contribution in [2.24, 2.45) is 0 Å². The highest BCUT2D eigenvalue weighted by atomic mass is 16.5. The summed E-state index contributed by atoms with van der Waals surface area (Å²) in [7, 11) is 1.58. The van der Waals surface area contributed by atoms with Gasteiger partial charge in [0, 0.05) is 17.5 Å². The zero-order chi connectivity index (χ0) is 17.9. The molecule has 0 bridgehead atoms. The quantitative estimate of drug-likeness (QED) is 0.837. The molecule has 0 amide bonds. The van der Waals surface area contributed by atoms with Crippen molar-refractivity contribution in [3.63, 3.8) is 0 Å². The number of anilines is 2. The van der Waals surface area contributed by atoms with Crippen LogP contribution in [0.1, 0.15) is 37.8 Å². The molecule has 7 nitrogen and oxygen atoms in total.